The zero-order valence-electron chi connectivity index (χ0n) is 41.1. The molecular formula is C57H67N3O11. The molecule has 0 radical (unpaired) electrons. The van der Waals surface area contributed by atoms with Crippen LogP contribution in [0.15, 0.2) is 66.7 Å². The van der Waals surface area contributed by atoms with Crippen molar-refractivity contribution < 1.29 is 53.7 Å². The van der Waals surface area contributed by atoms with Crippen LogP contribution in [0.4, 0.5) is 5.69 Å². The maximum atomic E-state index is 13.7. The first-order valence-electron chi connectivity index (χ1n) is 25.8. The molecule has 6 atom stereocenters. The monoisotopic (exact) mass is 969 g/mol. The molecule has 4 aromatic carbocycles. The van der Waals surface area contributed by atoms with Crippen molar-refractivity contribution in [1.29, 1.82) is 0 Å². The Bertz CT molecular complexity index is 2730. The Morgan fingerprint density at radius 1 is 0.817 bits per heavy atom. The van der Waals surface area contributed by atoms with Gasteiger partial charge in [-0.3, -0.25) is 19.8 Å². The van der Waals surface area contributed by atoms with Gasteiger partial charge in [0.2, 0.25) is 5.75 Å². The number of carbonyl (C=O) groups is 2. The number of carbonyl (C=O) groups excluding carboxylic acids is 2. The SMILES string of the molecule is CCNCOc1cc(OC)c2c3c1C(O)Nc1cc4c(c(c1-3)CC2)C(O)C(c1cc(OC)c(O)c(OCC(CO)C2(c3ccccc3)CCC3(CCCC3)C(C3(N5C(=O)C=CC5=O)CCCC3)C2)c1)CO4. The number of fused-ring (bicyclic) bond motifs is 2. The standard InChI is InChI=1S/C57H67N3O11/c1-4-58-32-71-42-27-40(67-2)36-14-15-37-48-39(59-54(66)51(42)50(36)48)26-41-49(37)52(64)38(31-70-41)33-24-43(68-3)53(65)44(25-33)69-30-35(29-61)56(34-12-6-5-7-13-34)23-22-55(18-8-9-19-55)45(28-56)57(20-10-11-21-57)60-46(62)16-17-47(60)63/h5-7,12-13,16-17,24-27,35,38,45,52,54,58-59,61,64-66H,4,8-11,14-15,18-23,28-32H2,1-3H3. The first-order valence-corrected chi connectivity index (χ1v) is 25.8. The molecule has 3 heterocycles. The number of phenols is 1. The fraction of sp³-hybridized carbons (Fsp3) is 0.509. The number of aliphatic hydroxyl groups excluding tert-OH is 3. The molecule has 3 fully saturated rings. The third-order valence-electron chi connectivity index (χ3n) is 18.0. The number of nitrogens with one attached hydrogen (secondary N) is 2. The number of aromatic hydroxyl groups is 1. The van der Waals surface area contributed by atoms with Crippen molar-refractivity contribution in [2.75, 3.05) is 52.6 Å². The molecule has 6 unspecified atom stereocenters. The van der Waals surface area contributed by atoms with Crippen LogP contribution in [0.2, 0.25) is 0 Å². The zero-order valence-corrected chi connectivity index (χ0v) is 41.1. The number of phenolic OH excluding ortho intramolecular Hbond substituents is 1. The number of anilines is 1. The summed E-state index contributed by atoms with van der Waals surface area (Å²) in [6.45, 7) is 2.91. The molecule has 7 aliphatic rings. The Hall–Kier alpha value is -5.80. The second-order valence-electron chi connectivity index (χ2n) is 21.1. The Morgan fingerprint density at radius 2 is 1.52 bits per heavy atom. The molecule has 4 aromatic rings. The molecule has 376 valence electrons. The number of benzene rings is 4. The van der Waals surface area contributed by atoms with Crippen molar-refractivity contribution in [2.24, 2.45) is 17.3 Å². The summed E-state index contributed by atoms with van der Waals surface area (Å²) in [4.78, 5) is 29.0. The largest absolute Gasteiger partial charge is 0.502 e. The Balaban J connectivity index is 0.934. The number of nitrogens with zero attached hydrogens (tertiary/aromatic N) is 1. The molecule has 0 bridgehead atoms. The number of hydrogen-bond acceptors (Lipinski definition) is 13. The summed E-state index contributed by atoms with van der Waals surface area (Å²) in [5.41, 5.74) is 6.02. The summed E-state index contributed by atoms with van der Waals surface area (Å²) in [5, 5.41) is 54.1. The van der Waals surface area contributed by atoms with Crippen molar-refractivity contribution in [3.8, 4) is 45.6 Å². The molecule has 4 aliphatic carbocycles. The molecule has 14 nitrogen and oxygen atoms in total. The van der Waals surface area contributed by atoms with Crippen LogP contribution in [0.3, 0.4) is 0 Å². The summed E-state index contributed by atoms with van der Waals surface area (Å²) < 4.78 is 31.1. The number of ether oxygens (including phenoxy) is 5. The van der Waals surface area contributed by atoms with E-state index in [1.54, 1.807) is 24.1 Å². The lowest BCUT2D eigenvalue weighted by Gasteiger charge is -2.60. The molecule has 71 heavy (non-hydrogen) atoms. The van der Waals surface area contributed by atoms with Crippen LogP contribution < -0.4 is 34.3 Å². The van der Waals surface area contributed by atoms with Crippen LogP contribution in [0, 0.1) is 17.3 Å². The molecule has 6 N–H and O–H groups in total. The second kappa shape index (κ2) is 18.7. The number of hydrogen-bond donors (Lipinski definition) is 6. The lowest BCUT2D eigenvalue weighted by molar-refractivity contribution is -0.154. The number of imide groups is 1. The highest BCUT2D eigenvalue weighted by molar-refractivity contribution is 6.13. The van der Waals surface area contributed by atoms with E-state index in [9.17, 15) is 30.0 Å². The molecule has 3 saturated carbocycles. The molecule has 1 spiro atoms. The minimum absolute atomic E-state index is 0.0144. The van der Waals surface area contributed by atoms with E-state index in [2.05, 4.69) is 22.8 Å². The maximum Gasteiger partial charge on any atom is 0.254 e. The van der Waals surface area contributed by atoms with Gasteiger partial charge >= 0.3 is 0 Å². The van der Waals surface area contributed by atoms with E-state index in [0.29, 0.717) is 65.4 Å². The zero-order chi connectivity index (χ0) is 49.2. The third kappa shape index (κ3) is 7.56. The van der Waals surface area contributed by atoms with Gasteiger partial charge in [-0.2, -0.15) is 0 Å². The molecular weight excluding hydrogens is 903 g/mol. The molecule has 14 heteroatoms. The molecule has 11 rings (SSSR count). The van der Waals surface area contributed by atoms with Gasteiger partial charge in [0.15, 0.2) is 17.7 Å². The molecule has 0 saturated heterocycles. The van der Waals surface area contributed by atoms with E-state index in [-0.39, 0.29) is 66.9 Å². The second-order valence-corrected chi connectivity index (χ2v) is 21.1. The smallest absolute Gasteiger partial charge is 0.254 e. The summed E-state index contributed by atoms with van der Waals surface area (Å²) in [7, 11) is 3.11. The summed E-state index contributed by atoms with van der Waals surface area (Å²) >= 11 is 0. The van der Waals surface area contributed by atoms with E-state index in [4.69, 9.17) is 23.7 Å². The van der Waals surface area contributed by atoms with Crippen LogP contribution in [-0.4, -0.2) is 90.0 Å². The van der Waals surface area contributed by atoms with Gasteiger partial charge in [-0.25, -0.2) is 0 Å². The predicted molar refractivity (Wildman–Crippen MR) is 266 cm³/mol. The predicted octanol–water partition coefficient (Wildman–Crippen LogP) is 8.27. The maximum absolute atomic E-state index is 13.7. The van der Waals surface area contributed by atoms with E-state index in [0.717, 1.165) is 92.0 Å². The average Bonchev–Trinajstić information content (AvgIpc) is 4.15. The van der Waals surface area contributed by atoms with E-state index in [1.807, 2.05) is 37.3 Å². The van der Waals surface area contributed by atoms with Crippen LogP contribution in [0.5, 0.6) is 34.5 Å². The topological polar surface area (TPSA) is 189 Å². The molecule has 2 amide bonds. The van der Waals surface area contributed by atoms with Crippen LogP contribution in [0.1, 0.15) is 129 Å². The molecule has 3 aliphatic heterocycles. The fourth-order valence-corrected chi connectivity index (χ4v) is 14.7. The van der Waals surface area contributed by atoms with Crippen molar-refractivity contribution >= 4 is 17.5 Å². The Morgan fingerprint density at radius 3 is 2.23 bits per heavy atom. The third-order valence-corrected chi connectivity index (χ3v) is 18.0. The van der Waals surface area contributed by atoms with E-state index < -0.39 is 35.1 Å². The Labute approximate surface area is 415 Å². The lowest BCUT2D eigenvalue weighted by atomic mass is 9.48. The van der Waals surface area contributed by atoms with Gasteiger partial charge in [0, 0.05) is 76.1 Å². The van der Waals surface area contributed by atoms with E-state index in [1.165, 1.54) is 19.3 Å². The van der Waals surface area contributed by atoms with Gasteiger partial charge in [-0.05, 0) is 104 Å². The summed E-state index contributed by atoms with van der Waals surface area (Å²) in [6, 6.07) is 17.5. The number of aliphatic hydroxyl groups is 3. The minimum atomic E-state index is -1.06. The highest BCUT2D eigenvalue weighted by Crippen LogP contribution is 2.66. The summed E-state index contributed by atoms with van der Waals surface area (Å²) in [5.74, 6) is 0.367. The van der Waals surface area contributed by atoms with Crippen LogP contribution in [-0.2, 0) is 27.8 Å². The van der Waals surface area contributed by atoms with Crippen LogP contribution in [0.25, 0.3) is 11.1 Å². The Kier molecular flexibility index (Phi) is 12.5. The number of rotatable bonds is 15. The van der Waals surface area contributed by atoms with Gasteiger partial charge in [-0.1, -0.05) is 62.9 Å². The minimum Gasteiger partial charge on any atom is -0.502 e. The van der Waals surface area contributed by atoms with Crippen molar-refractivity contribution in [2.45, 2.75) is 120 Å². The first-order chi connectivity index (χ1) is 34.5. The van der Waals surface area contributed by atoms with E-state index >= 15 is 0 Å². The normalized spacial score (nSPS) is 25.9. The van der Waals surface area contributed by atoms with Gasteiger partial charge in [0.05, 0.1) is 44.6 Å². The van der Waals surface area contributed by atoms with Crippen LogP contribution >= 0.6 is 0 Å². The molecule has 0 aromatic heterocycles. The van der Waals surface area contributed by atoms with Crippen molar-refractivity contribution in [3.63, 3.8) is 0 Å². The van der Waals surface area contributed by atoms with Crippen molar-refractivity contribution in [3.05, 3.63) is 100 Å². The highest BCUT2D eigenvalue weighted by Gasteiger charge is 2.63. The van der Waals surface area contributed by atoms with Gasteiger partial charge in [0.1, 0.15) is 24.0 Å². The lowest BCUT2D eigenvalue weighted by Crippen LogP contribution is -2.63. The van der Waals surface area contributed by atoms with Gasteiger partial charge < -0.3 is 49.4 Å². The highest BCUT2D eigenvalue weighted by atomic mass is 16.5. The first kappa shape index (κ1) is 47.5. The average molecular weight is 970 g/mol. The van der Waals surface area contributed by atoms with Gasteiger partial charge in [-0.15, -0.1) is 0 Å². The number of methoxy groups -OCH3 is 2. The fourth-order valence-electron chi connectivity index (χ4n) is 14.7. The summed E-state index contributed by atoms with van der Waals surface area (Å²) in [6.07, 6.45) is 12.1. The van der Waals surface area contributed by atoms with Gasteiger partial charge in [0.25, 0.3) is 11.8 Å². The number of amides is 2. The van der Waals surface area contributed by atoms with Crippen molar-refractivity contribution in [1.82, 2.24) is 10.2 Å². The quantitative estimate of drug-likeness (QED) is 0.0380.